The van der Waals surface area contributed by atoms with E-state index >= 15 is 0 Å². The Morgan fingerprint density at radius 2 is 1.33 bits per heavy atom. The lowest BCUT2D eigenvalue weighted by atomic mass is 9.96. The molecule has 0 fully saturated rings. The minimum atomic E-state index is -0.361. The second kappa shape index (κ2) is 5.57. The number of hydrogen-bond acceptors (Lipinski definition) is 2. The normalized spacial score (nSPS) is 9.67. The standard InChI is InChI=1S/C5H11NO.C3H7NO/c1-5(2,3)4(6)7;1-2-3(4)5/h1-3H3,(H2,6,7);2H2,1H3,(H2,4,5). The molecule has 0 heterocycles. The molecule has 72 valence electrons. The van der Waals surface area contributed by atoms with E-state index in [1.807, 2.05) is 0 Å². The van der Waals surface area contributed by atoms with Gasteiger partial charge in [0.25, 0.3) is 0 Å². The fourth-order valence-electron chi connectivity index (χ4n) is 0. The monoisotopic (exact) mass is 174 g/mol. The molecular formula is C8H18N2O2. The minimum Gasteiger partial charge on any atom is -0.370 e. The van der Waals surface area contributed by atoms with Gasteiger partial charge in [0.1, 0.15) is 0 Å². The molecule has 4 heteroatoms. The quantitative estimate of drug-likeness (QED) is 0.602. The van der Waals surface area contributed by atoms with E-state index in [1.54, 1.807) is 27.7 Å². The molecule has 4 nitrogen and oxygen atoms in total. The summed E-state index contributed by atoms with van der Waals surface area (Å²) in [4.78, 5) is 19.8. The van der Waals surface area contributed by atoms with E-state index < -0.39 is 0 Å². The summed E-state index contributed by atoms with van der Waals surface area (Å²) in [5.41, 5.74) is 9.22. The Kier molecular flexibility index (Phi) is 6.28. The Balaban J connectivity index is 0. The number of hydrogen-bond donors (Lipinski definition) is 2. The summed E-state index contributed by atoms with van der Waals surface area (Å²) in [6, 6.07) is 0. The topological polar surface area (TPSA) is 86.2 Å². The number of primary amides is 2. The third-order valence-electron chi connectivity index (χ3n) is 1.09. The highest BCUT2D eigenvalue weighted by Gasteiger charge is 2.16. The zero-order valence-corrected chi connectivity index (χ0v) is 8.18. The molecule has 0 bridgehead atoms. The Bertz CT molecular complexity index is 159. The van der Waals surface area contributed by atoms with Crippen LogP contribution < -0.4 is 11.5 Å². The Morgan fingerprint density at radius 1 is 1.17 bits per heavy atom. The van der Waals surface area contributed by atoms with Crippen LogP contribution in [0, 0.1) is 5.41 Å². The van der Waals surface area contributed by atoms with Gasteiger partial charge in [-0.05, 0) is 0 Å². The van der Waals surface area contributed by atoms with Gasteiger partial charge >= 0.3 is 0 Å². The molecule has 12 heavy (non-hydrogen) atoms. The maximum Gasteiger partial charge on any atom is 0.222 e. The van der Waals surface area contributed by atoms with Gasteiger partial charge in [-0.2, -0.15) is 0 Å². The van der Waals surface area contributed by atoms with Gasteiger partial charge in [-0.25, -0.2) is 0 Å². The summed E-state index contributed by atoms with van der Waals surface area (Å²) in [6.07, 6.45) is 0.444. The highest BCUT2D eigenvalue weighted by Crippen LogP contribution is 2.09. The van der Waals surface area contributed by atoms with Crippen molar-refractivity contribution in [2.24, 2.45) is 16.9 Å². The van der Waals surface area contributed by atoms with E-state index in [4.69, 9.17) is 5.73 Å². The lowest BCUT2D eigenvalue weighted by molar-refractivity contribution is -0.125. The van der Waals surface area contributed by atoms with Crippen molar-refractivity contribution >= 4 is 11.8 Å². The molecule has 0 radical (unpaired) electrons. The van der Waals surface area contributed by atoms with Crippen molar-refractivity contribution in [3.8, 4) is 0 Å². The van der Waals surface area contributed by atoms with Crippen molar-refractivity contribution in [3.05, 3.63) is 0 Å². The first kappa shape index (κ1) is 13.5. The molecule has 0 unspecified atom stereocenters. The van der Waals surface area contributed by atoms with Crippen LogP contribution in [0.25, 0.3) is 0 Å². The number of carbonyl (C=O) groups excluding carboxylic acids is 2. The summed E-state index contributed by atoms with van der Waals surface area (Å²) in [6.45, 7) is 7.09. The highest BCUT2D eigenvalue weighted by atomic mass is 16.1. The van der Waals surface area contributed by atoms with Crippen LogP contribution in [-0.4, -0.2) is 11.8 Å². The number of rotatable bonds is 1. The van der Waals surface area contributed by atoms with Crippen molar-refractivity contribution in [3.63, 3.8) is 0 Å². The third kappa shape index (κ3) is 11.7. The van der Waals surface area contributed by atoms with E-state index in [0.29, 0.717) is 6.42 Å². The summed E-state index contributed by atoms with van der Waals surface area (Å²) >= 11 is 0. The van der Waals surface area contributed by atoms with Crippen LogP contribution in [0.1, 0.15) is 34.1 Å². The van der Waals surface area contributed by atoms with Crippen LogP contribution in [0.5, 0.6) is 0 Å². The predicted octanol–water partition coefficient (Wildman–Crippen LogP) is 0.399. The number of amides is 2. The van der Waals surface area contributed by atoms with E-state index in [9.17, 15) is 9.59 Å². The van der Waals surface area contributed by atoms with Crippen LogP contribution in [0.2, 0.25) is 0 Å². The zero-order valence-electron chi connectivity index (χ0n) is 8.18. The molecule has 0 aliphatic carbocycles. The van der Waals surface area contributed by atoms with Crippen molar-refractivity contribution in [2.75, 3.05) is 0 Å². The summed E-state index contributed by atoms with van der Waals surface area (Å²) in [5, 5.41) is 0. The van der Waals surface area contributed by atoms with Gasteiger partial charge in [0.15, 0.2) is 0 Å². The maximum absolute atomic E-state index is 10.2. The summed E-state index contributed by atoms with van der Waals surface area (Å²) in [7, 11) is 0. The molecule has 0 aliphatic rings. The lowest BCUT2D eigenvalue weighted by Gasteiger charge is -2.10. The van der Waals surface area contributed by atoms with Gasteiger partial charge in [-0.1, -0.05) is 27.7 Å². The smallest absolute Gasteiger partial charge is 0.222 e. The molecule has 0 aromatic rings. The fraction of sp³-hybridized carbons (Fsp3) is 0.750. The Labute approximate surface area is 73.3 Å². The van der Waals surface area contributed by atoms with Crippen molar-refractivity contribution < 1.29 is 9.59 Å². The summed E-state index contributed by atoms with van der Waals surface area (Å²) < 4.78 is 0. The van der Waals surface area contributed by atoms with E-state index in [0.717, 1.165) is 0 Å². The van der Waals surface area contributed by atoms with Crippen molar-refractivity contribution in [2.45, 2.75) is 34.1 Å². The largest absolute Gasteiger partial charge is 0.370 e. The second-order valence-corrected chi connectivity index (χ2v) is 3.43. The lowest BCUT2D eigenvalue weighted by Crippen LogP contribution is -2.27. The predicted molar refractivity (Wildman–Crippen MR) is 48.1 cm³/mol. The SMILES string of the molecule is CC(C)(C)C(N)=O.CCC(N)=O. The first-order valence-electron chi connectivity index (χ1n) is 3.80. The van der Waals surface area contributed by atoms with Gasteiger partial charge in [0, 0.05) is 11.8 Å². The fourth-order valence-corrected chi connectivity index (χ4v) is 0. The molecule has 0 aromatic heterocycles. The van der Waals surface area contributed by atoms with E-state index in [-0.39, 0.29) is 17.2 Å². The van der Waals surface area contributed by atoms with Gasteiger partial charge in [0.05, 0.1) is 0 Å². The first-order chi connectivity index (χ1) is 5.21. The average molecular weight is 174 g/mol. The molecule has 0 atom stereocenters. The molecule has 0 aromatic carbocycles. The van der Waals surface area contributed by atoms with E-state index in [1.165, 1.54) is 0 Å². The Hall–Kier alpha value is -1.06. The molecule has 0 rings (SSSR count). The average Bonchev–Trinajstić information content (AvgIpc) is 1.87. The molecule has 0 aliphatic heterocycles. The summed E-state index contributed by atoms with van der Waals surface area (Å²) in [5.74, 6) is -0.502. The number of carbonyl (C=O) groups is 2. The first-order valence-corrected chi connectivity index (χ1v) is 3.80. The minimum absolute atomic E-state index is 0.245. The molecule has 2 amide bonds. The van der Waals surface area contributed by atoms with Gasteiger partial charge in [-0.3, -0.25) is 9.59 Å². The zero-order chi connectivity index (χ0) is 10.4. The van der Waals surface area contributed by atoms with Crippen LogP contribution in [0.3, 0.4) is 0 Å². The molecule has 4 N–H and O–H groups in total. The van der Waals surface area contributed by atoms with Gasteiger partial charge < -0.3 is 11.5 Å². The highest BCUT2D eigenvalue weighted by molar-refractivity contribution is 5.79. The molecule has 0 saturated carbocycles. The Morgan fingerprint density at radius 3 is 1.33 bits per heavy atom. The third-order valence-corrected chi connectivity index (χ3v) is 1.09. The van der Waals surface area contributed by atoms with Crippen LogP contribution in [0.4, 0.5) is 0 Å². The van der Waals surface area contributed by atoms with Crippen LogP contribution in [-0.2, 0) is 9.59 Å². The van der Waals surface area contributed by atoms with Crippen LogP contribution in [0.15, 0.2) is 0 Å². The number of nitrogens with two attached hydrogens (primary N) is 2. The van der Waals surface area contributed by atoms with Crippen LogP contribution >= 0.6 is 0 Å². The second-order valence-electron chi connectivity index (χ2n) is 3.43. The molecule has 0 spiro atoms. The van der Waals surface area contributed by atoms with Gasteiger partial charge in [0.2, 0.25) is 11.8 Å². The van der Waals surface area contributed by atoms with E-state index in [2.05, 4.69) is 5.73 Å². The molecule has 0 saturated heterocycles. The molecular weight excluding hydrogens is 156 g/mol. The van der Waals surface area contributed by atoms with Crippen molar-refractivity contribution in [1.29, 1.82) is 0 Å². The maximum atomic E-state index is 10.2. The van der Waals surface area contributed by atoms with Gasteiger partial charge in [-0.15, -0.1) is 0 Å². The van der Waals surface area contributed by atoms with Crippen molar-refractivity contribution in [1.82, 2.24) is 0 Å².